The number of ether oxygens (including phenoxy) is 1. The lowest BCUT2D eigenvalue weighted by molar-refractivity contribution is 0.0595. The molecule has 2 heterocycles. The minimum absolute atomic E-state index is 0.358. The van der Waals surface area contributed by atoms with Gasteiger partial charge in [-0.3, -0.25) is 0 Å². The quantitative estimate of drug-likeness (QED) is 0.715. The van der Waals surface area contributed by atoms with Crippen LogP contribution in [0.2, 0.25) is 10.0 Å². The van der Waals surface area contributed by atoms with Gasteiger partial charge >= 0.3 is 5.97 Å². The fourth-order valence-electron chi connectivity index (χ4n) is 2.08. The van der Waals surface area contributed by atoms with E-state index < -0.39 is 5.97 Å². The van der Waals surface area contributed by atoms with Crippen molar-refractivity contribution in [2.24, 2.45) is 0 Å². The Kier molecular flexibility index (Phi) is 3.57. The first-order valence-electron chi connectivity index (χ1n) is 6.11. The highest BCUT2D eigenvalue weighted by molar-refractivity contribution is 6.36. The molecule has 0 atom stereocenters. The van der Waals surface area contributed by atoms with Crippen LogP contribution >= 0.6 is 23.2 Å². The molecule has 1 N–H and O–H groups in total. The van der Waals surface area contributed by atoms with Crippen molar-refractivity contribution in [2.75, 3.05) is 7.11 Å². The van der Waals surface area contributed by atoms with Crippen molar-refractivity contribution >= 4 is 40.1 Å². The number of aromatic amines is 1. The van der Waals surface area contributed by atoms with Crippen LogP contribution in [0.15, 0.2) is 36.5 Å². The van der Waals surface area contributed by atoms with Crippen LogP contribution in [0, 0.1) is 0 Å². The van der Waals surface area contributed by atoms with E-state index >= 15 is 0 Å². The van der Waals surface area contributed by atoms with Crippen LogP contribution in [0.5, 0.6) is 0 Å². The Morgan fingerprint density at radius 3 is 2.81 bits per heavy atom. The number of rotatable bonds is 2. The topological polar surface area (TPSA) is 55.0 Å². The summed E-state index contributed by atoms with van der Waals surface area (Å²) >= 11 is 12.3. The number of carbonyl (C=O) groups excluding carboxylic acids is 1. The van der Waals surface area contributed by atoms with Gasteiger partial charge in [0.25, 0.3) is 0 Å². The third-order valence-corrected chi connectivity index (χ3v) is 3.65. The number of hydrogen-bond acceptors (Lipinski definition) is 3. The molecule has 21 heavy (non-hydrogen) atoms. The molecule has 0 aliphatic heterocycles. The average Bonchev–Trinajstić information content (AvgIpc) is 2.95. The molecule has 3 rings (SSSR count). The standard InChI is InChI=1S/C15H10Cl2N2O2/c1-21-15(20)14-4-8(7-18-14)12-6-11(17)10-3-2-9(16)5-13(10)19-12/h2-7,18H,1H3. The molecular formula is C15H10Cl2N2O2. The first kappa shape index (κ1) is 13.9. The van der Waals surface area contributed by atoms with Gasteiger partial charge in [0.1, 0.15) is 5.69 Å². The van der Waals surface area contributed by atoms with Gasteiger partial charge in [0, 0.05) is 22.2 Å². The van der Waals surface area contributed by atoms with E-state index in [0.717, 1.165) is 10.9 Å². The van der Waals surface area contributed by atoms with Crippen molar-refractivity contribution in [1.82, 2.24) is 9.97 Å². The van der Waals surface area contributed by atoms with Gasteiger partial charge in [-0.25, -0.2) is 9.78 Å². The number of nitrogens with one attached hydrogen (secondary N) is 1. The molecule has 6 heteroatoms. The van der Waals surface area contributed by atoms with Crippen molar-refractivity contribution in [3.8, 4) is 11.3 Å². The van der Waals surface area contributed by atoms with E-state index in [4.69, 9.17) is 23.2 Å². The van der Waals surface area contributed by atoms with E-state index in [-0.39, 0.29) is 0 Å². The molecular weight excluding hydrogens is 311 g/mol. The van der Waals surface area contributed by atoms with Gasteiger partial charge in [-0.2, -0.15) is 0 Å². The van der Waals surface area contributed by atoms with Crippen LogP contribution in [0.4, 0.5) is 0 Å². The molecule has 0 aliphatic rings. The third kappa shape index (κ3) is 2.60. The predicted molar refractivity (Wildman–Crippen MR) is 82.9 cm³/mol. The number of fused-ring (bicyclic) bond motifs is 1. The molecule has 4 nitrogen and oxygen atoms in total. The number of H-pyrrole nitrogens is 1. The molecule has 0 fully saturated rings. The van der Waals surface area contributed by atoms with E-state index in [1.165, 1.54) is 7.11 Å². The first-order chi connectivity index (χ1) is 10.1. The number of halogens is 2. The Balaban J connectivity index is 2.12. The van der Waals surface area contributed by atoms with Crippen LogP contribution in [-0.2, 0) is 4.74 Å². The zero-order chi connectivity index (χ0) is 15.0. The minimum atomic E-state index is -0.434. The second kappa shape index (κ2) is 5.39. The van der Waals surface area contributed by atoms with Crippen molar-refractivity contribution in [1.29, 1.82) is 0 Å². The van der Waals surface area contributed by atoms with Crippen LogP contribution in [-0.4, -0.2) is 23.0 Å². The van der Waals surface area contributed by atoms with Gasteiger partial charge < -0.3 is 9.72 Å². The number of pyridine rings is 1. The van der Waals surface area contributed by atoms with Crippen LogP contribution < -0.4 is 0 Å². The molecule has 0 aliphatic carbocycles. The third-order valence-electron chi connectivity index (χ3n) is 3.11. The molecule has 0 radical (unpaired) electrons. The zero-order valence-corrected chi connectivity index (χ0v) is 12.5. The summed E-state index contributed by atoms with van der Waals surface area (Å²) in [6, 6.07) is 8.76. The molecule has 0 amide bonds. The Bertz CT molecular complexity index is 843. The Morgan fingerprint density at radius 1 is 1.24 bits per heavy atom. The lowest BCUT2D eigenvalue weighted by atomic mass is 10.1. The van der Waals surface area contributed by atoms with Gasteiger partial charge in [-0.1, -0.05) is 23.2 Å². The fourth-order valence-corrected chi connectivity index (χ4v) is 2.51. The van der Waals surface area contributed by atoms with E-state index in [1.807, 2.05) is 6.07 Å². The summed E-state index contributed by atoms with van der Waals surface area (Å²) in [7, 11) is 1.33. The molecule has 0 spiro atoms. The summed E-state index contributed by atoms with van der Waals surface area (Å²) in [5.41, 5.74) is 2.46. The normalized spacial score (nSPS) is 10.8. The Hall–Kier alpha value is -2.04. The maximum Gasteiger partial charge on any atom is 0.354 e. The molecule has 2 aromatic heterocycles. The molecule has 3 aromatic rings. The Labute approximate surface area is 130 Å². The molecule has 0 unspecified atom stereocenters. The molecule has 106 valence electrons. The van der Waals surface area contributed by atoms with E-state index in [2.05, 4.69) is 14.7 Å². The smallest absolute Gasteiger partial charge is 0.354 e. The largest absolute Gasteiger partial charge is 0.464 e. The lowest BCUT2D eigenvalue weighted by Gasteiger charge is -2.04. The summed E-state index contributed by atoms with van der Waals surface area (Å²) in [5, 5.41) is 1.99. The summed E-state index contributed by atoms with van der Waals surface area (Å²) < 4.78 is 4.66. The number of benzene rings is 1. The van der Waals surface area contributed by atoms with Gasteiger partial charge in [0.05, 0.1) is 23.3 Å². The summed E-state index contributed by atoms with van der Waals surface area (Å²) in [5.74, 6) is -0.434. The second-order valence-corrected chi connectivity index (χ2v) is 5.29. The second-order valence-electron chi connectivity index (χ2n) is 4.44. The molecule has 0 saturated heterocycles. The molecule has 1 aromatic carbocycles. The first-order valence-corrected chi connectivity index (χ1v) is 6.87. The lowest BCUT2D eigenvalue weighted by Crippen LogP contribution is -2.00. The van der Waals surface area contributed by atoms with Crippen molar-refractivity contribution < 1.29 is 9.53 Å². The SMILES string of the molecule is COC(=O)c1cc(-c2cc(Cl)c3ccc(Cl)cc3n2)c[nH]1. The van der Waals surface area contributed by atoms with E-state index in [9.17, 15) is 4.79 Å². The number of carbonyl (C=O) groups is 1. The van der Waals surface area contributed by atoms with Crippen molar-refractivity contribution in [2.45, 2.75) is 0 Å². The minimum Gasteiger partial charge on any atom is -0.464 e. The zero-order valence-electron chi connectivity index (χ0n) is 11.0. The van der Waals surface area contributed by atoms with Gasteiger partial charge in [0.2, 0.25) is 0 Å². The summed E-state index contributed by atoms with van der Waals surface area (Å²) in [6.07, 6.45) is 1.68. The molecule has 0 bridgehead atoms. The van der Waals surface area contributed by atoms with Crippen molar-refractivity contribution in [3.05, 3.63) is 52.3 Å². The number of methoxy groups -OCH3 is 1. The summed E-state index contributed by atoms with van der Waals surface area (Å²) in [4.78, 5) is 18.8. The molecule has 0 saturated carbocycles. The van der Waals surface area contributed by atoms with Crippen LogP contribution in [0.25, 0.3) is 22.2 Å². The van der Waals surface area contributed by atoms with Crippen LogP contribution in [0.3, 0.4) is 0 Å². The number of nitrogens with zero attached hydrogens (tertiary/aromatic N) is 1. The van der Waals surface area contributed by atoms with Crippen molar-refractivity contribution in [3.63, 3.8) is 0 Å². The number of aromatic nitrogens is 2. The number of hydrogen-bond donors (Lipinski definition) is 1. The average molecular weight is 321 g/mol. The maximum atomic E-state index is 11.5. The highest BCUT2D eigenvalue weighted by atomic mass is 35.5. The Morgan fingerprint density at radius 2 is 2.05 bits per heavy atom. The maximum absolute atomic E-state index is 11.5. The predicted octanol–water partition coefficient (Wildman–Crippen LogP) is 4.32. The van der Waals surface area contributed by atoms with Gasteiger partial charge in [0.15, 0.2) is 0 Å². The van der Waals surface area contributed by atoms with Gasteiger partial charge in [-0.15, -0.1) is 0 Å². The highest BCUT2D eigenvalue weighted by Crippen LogP contribution is 2.30. The number of esters is 1. The summed E-state index contributed by atoms with van der Waals surface area (Å²) in [6.45, 7) is 0. The van der Waals surface area contributed by atoms with E-state index in [1.54, 1.807) is 30.5 Å². The highest BCUT2D eigenvalue weighted by Gasteiger charge is 2.12. The van der Waals surface area contributed by atoms with E-state index in [0.29, 0.717) is 26.9 Å². The fraction of sp³-hybridized carbons (Fsp3) is 0.0667. The monoisotopic (exact) mass is 320 g/mol. The van der Waals surface area contributed by atoms with Gasteiger partial charge in [-0.05, 0) is 30.3 Å². The van der Waals surface area contributed by atoms with Crippen LogP contribution in [0.1, 0.15) is 10.5 Å².